The van der Waals surface area contributed by atoms with E-state index in [-0.39, 0.29) is 19.0 Å². The van der Waals surface area contributed by atoms with Crippen LogP contribution in [0.5, 0.6) is 0 Å². The maximum absolute atomic E-state index is 13.5. The van der Waals surface area contributed by atoms with Crippen LogP contribution in [0.15, 0.2) is 22.8 Å². The zero-order valence-corrected chi connectivity index (χ0v) is 11.5. The zero-order chi connectivity index (χ0) is 12.1. The van der Waals surface area contributed by atoms with Gasteiger partial charge in [-0.05, 0) is 35.0 Å². The number of carbonyl (C=O) groups is 1. The van der Waals surface area contributed by atoms with Crippen LogP contribution in [0.4, 0.5) is 4.39 Å². The Morgan fingerprint density at radius 2 is 2.29 bits per heavy atom. The zero-order valence-electron chi connectivity index (χ0n) is 9.10. The average molecular weight is 328 g/mol. The second kappa shape index (κ2) is 7.58. The fourth-order valence-corrected chi connectivity index (χ4v) is 1.34. The monoisotopic (exact) mass is 326 g/mol. The van der Waals surface area contributed by atoms with Crippen LogP contribution in [0.1, 0.15) is 18.7 Å². The van der Waals surface area contributed by atoms with Gasteiger partial charge in [-0.3, -0.25) is 4.98 Å². The molecule has 1 heterocycles. The topological polar surface area (TPSA) is 65.2 Å². The van der Waals surface area contributed by atoms with Crippen molar-refractivity contribution in [3.05, 3.63) is 28.5 Å². The number of hydrogen-bond donors (Lipinski definition) is 1. The number of esters is 1. The van der Waals surface area contributed by atoms with Crippen molar-refractivity contribution in [3.63, 3.8) is 0 Å². The van der Waals surface area contributed by atoms with Gasteiger partial charge in [-0.25, -0.2) is 9.18 Å². The Hall–Kier alpha value is -0.720. The Bertz CT molecular complexity index is 364. The van der Waals surface area contributed by atoms with Gasteiger partial charge in [0.25, 0.3) is 0 Å². The van der Waals surface area contributed by atoms with Crippen molar-refractivity contribution in [2.75, 3.05) is 6.61 Å². The lowest BCUT2D eigenvalue weighted by Gasteiger charge is -2.14. The number of carbonyl (C=O) groups excluding carboxylic acids is 1. The van der Waals surface area contributed by atoms with Crippen molar-refractivity contribution in [2.24, 2.45) is 5.73 Å². The highest BCUT2D eigenvalue weighted by molar-refractivity contribution is 9.10. The summed E-state index contributed by atoms with van der Waals surface area (Å²) in [5.74, 6) is -0.959. The largest absolute Gasteiger partial charge is 0.464 e. The molecule has 0 amide bonds. The van der Waals surface area contributed by atoms with E-state index < -0.39 is 18.2 Å². The molecule has 0 aliphatic rings. The number of aromatic nitrogens is 1. The maximum Gasteiger partial charge on any atom is 0.342 e. The third-order valence-electron chi connectivity index (χ3n) is 1.92. The molecule has 0 fully saturated rings. The summed E-state index contributed by atoms with van der Waals surface area (Å²) < 4.78 is 18.8. The number of halogens is 3. The van der Waals surface area contributed by atoms with E-state index in [1.54, 1.807) is 19.1 Å². The Kier molecular flexibility index (Phi) is 7.26. The molecule has 96 valence electrons. The highest BCUT2D eigenvalue weighted by Gasteiger charge is 2.28. The summed E-state index contributed by atoms with van der Waals surface area (Å²) in [6, 6.07) is 2.13. The van der Waals surface area contributed by atoms with Crippen LogP contribution in [0.2, 0.25) is 0 Å². The SMILES string of the molecule is CCOC(=O)C(F)[C@@H](N)c1ccc(Br)cn1.Cl. The molecule has 0 saturated heterocycles. The number of ether oxygens (including phenoxy) is 1. The van der Waals surface area contributed by atoms with E-state index in [0.717, 1.165) is 4.47 Å². The highest BCUT2D eigenvalue weighted by atomic mass is 79.9. The lowest BCUT2D eigenvalue weighted by molar-refractivity contribution is -0.150. The van der Waals surface area contributed by atoms with E-state index in [1.807, 2.05) is 0 Å². The normalized spacial score (nSPS) is 13.4. The molecule has 0 spiro atoms. The minimum atomic E-state index is -1.89. The fraction of sp³-hybridized carbons (Fsp3) is 0.400. The molecule has 2 atom stereocenters. The summed E-state index contributed by atoms with van der Waals surface area (Å²) in [7, 11) is 0. The Morgan fingerprint density at radius 3 is 2.76 bits per heavy atom. The molecule has 0 bridgehead atoms. The van der Waals surface area contributed by atoms with Gasteiger partial charge in [0.2, 0.25) is 6.17 Å². The highest BCUT2D eigenvalue weighted by Crippen LogP contribution is 2.17. The molecule has 4 nitrogen and oxygen atoms in total. The van der Waals surface area contributed by atoms with Crippen LogP contribution in [0.25, 0.3) is 0 Å². The van der Waals surface area contributed by atoms with Crippen LogP contribution in [0.3, 0.4) is 0 Å². The molecule has 2 N–H and O–H groups in total. The lowest BCUT2D eigenvalue weighted by Crippen LogP contribution is -2.32. The van der Waals surface area contributed by atoms with E-state index in [9.17, 15) is 9.18 Å². The van der Waals surface area contributed by atoms with Gasteiger partial charge in [-0.1, -0.05) is 0 Å². The van der Waals surface area contributed by atoms with E-state index in [4.69, 9.17) is 5.73 Å². The second-order valence-electron chi connectivity index (χ2n) is 3.08. The van der Waals surface area contributed by atoms with Crippen molar-refractivity contribution < 1.29 is 13.9 Å². The Morgan fingerprint density at radius 1 is 1.65 bits per heavy atom. The maximum atomic E-state index is 13.5. The fourth-order valence-electron chi connectivity index (χ4n) is 1.10. The molecule has 0 aromatic carbocycles. The predicted octanol–water partition coefficient (Wildman–Crippen LogP) is 2.17. The Labute approximate surface area is 113 Å². The molecule has 1 rings (SSSR count). The standard InChI is InChI=1S/C10H12BrFN2O2.ClH/c1-2-16-10(15)8(12)9(13)7-4-3-6(11)5-14-7;/h3-5,8-9H,2,13H2,1H3;1H/t8?,9-;/m0./s1. The van der Waals surface area contributed by atoms with Crippen LogP contribution in [0, 0.1) is 0 Å². The molecule has 1 aromatic rings. The van der Waals surface area contributed by atoms with Crippen LogP contribution in [-0.2, 0) is 9.53 Å². The van der Waals surface area contributed by atoms with E-state index >= 15 is 0 Å². The summed E-state index contributed by atoms with van der Waals surface area (Å²) in [5, 5.41) is 0. The first-order valence-electron chi connectivity index (χ1n) is 4.74. The first-order valence-corrected chi connectivity index (χ1v) is 5.53. The summed E-state index contributed by atoms with van der Waals surface area (Å²) >= 11 is 3.20. The van der Waals surface area contributed by atoms with Crippen molar-refractivity contribution in [2.45, 2.75) is 19.1 Å². The van der Waals surface area contributed by atoms with E-state index in [1.165, 1.54) is 6.20 Å². The van der Waals surface area contributed by atoms with E-state index in [2.05, 4.69) is 25.7 Å². The molecule has 17 heavy (non-hydrogen) atoms. The number of rotatable bonds is 4. The first-order chi connectivity index (χ1) is 7.56. The van der Waals surface area contributed by atoms with Crippen molar-refractivity contribution in [1.29, 1.82) is 0 Å². The summed E-state index contributed by atoms with van der Waals surface area (Å²) in [4.78, 5) is 15.0. The summed E-state index contributed by atoms with van der Waals surface area (Å²) in [6.45, 7) is 1.73. The molecule has 0 aliphatic heterocycles. The van der Waals surface area contributed by atoms with Crippen molar-refractivity contribution in [1.82, 2.24) is 4.98 Å². The predicted molar refractivity (Wildman–Crippen MR) is 67.6 cm³/mol. The number of nitrogens with zero attached hydrogens (tertiary/aromatic N) is 1. The Balaban J connectivity index is 0.00000256. The summed E-state index contributed by atoms with van der Waals surface area (Å²) in [5.41, 5.74) is 5.88. The van der Waals surface area contributed by atoms with Crippen molar-refractivity contribution >= 4 is 34.3 Å². The first kappa shape index (κ1) is 16.3. The summed E-state index contributed by atoms with van der Waals surface area (Å²) in [6.07, 6.45) is -0.402. The molecule has 0 radical (unpaired) electrons. The van der Waals surface area contributed by atoms with Crippen molar-refractivity contribution in [3.8, 4) is 0 Å². The third kappa shape index (κ3) is 4.57. The minimum absolute atomic E-state index is 0. The van der Waals surface area contributed by atoms with Gasteiger partial charge in [0.05, 0.1) is 18.3 Å². The second-order valence-corrected chi connectivity index (χ2v) is 4.00. The minimum Gasteiger partial charge on any atom is -0.464 e. The van der Waals surface area contributed by atoms with Crippen LogP contribution in [-0.4, -0.2) is 23.7 Å². The molecular formula is C10H13BrClFN2O2. The van der Waals surface area contributed by atoms with Gasteiger partial charge >= 0.3 is 5.97 Å². The van der Waals surface area contributed by atoms with Gasteiger partial charge in [-0.15, -0.1) is 12.4 Å². The van der Waals surface area contributed by atoms with Gasteiger partial charge in [-0.2, -0.15) is 0 Å². The lowest BCUT2D eigenvalue weighted by atomic mass is 10.1. The molecule has 0 aliphatic carbocycles. The molecule has 1 aromatic heterocycles. The van der Waals surface area contributed by atoms with Gasteiger partial charge < -0.3 is 10.5 Å². The quantitative estimate of drug-likeness (QED) is 0.861. The third-order valence-corrected chi connectivity index (χ3v) is 2.39. The number of pyridine rings is 1. The number of nitrogens with two attached hydrogens (primary N) is 1. The van der Waals surface area contributed by atoms with Crippen LogP contribution >= 0.6 is 28.3 Å². The average Bonchev–Trinajstić information content (AvgIpc) is 2.28. The van der Waals surface area contributed by atoms with Gasteiger partial charge in [0.1, 0.15) is 0 Å². The molecule has 0 saturated carbocycles. The van der Waals surface area contributed by atoms with Gasteiger partial charge in [0, 0.05) is 10.7 Å². The van der Waals surface area contributed by atoms with Crippen LogP contribution < -0.4 is 5.73 Å². The van der Waals surface area contributed by atoms with Gasteiger partial charge in [0.15, 0.2) is 0 Å². The van der Waals surface area contributed by atoms with E-state index in [0.29, 0.717) is 5.69 Å². The molecular weight excluding hydrogens is 314 g/mol. The molecule has 7 heteroatoms. The smallest absolute Gasteiger partial charge is 0.342 e. The number of hydrogen-bond acceptors (Lipinski definition) is 4. The number of alkyl halides is 1. The molecule has 1 unspecified atom stereocenters.